The van der Waals surface area contributed by atoms with Gasteiger partial charge < -0.3 is 20.1 Å². The van der Waals surface area contributed by atoms with E-state index in [4.69, 9.17) is 9.84 Å². The highest BCUT2D eigenvalue weighted by molar-refractivity contribution is 5.94. The number of carbonyl (C=O) groups is 3. The fourth-order valence-corrected chi connectivity index (χ4v) is 5.48. The molecule has 204 valence electrons. The van der Waals surface area contributed by atoms with Crippen LogP contribution in [-0.2, 0) is 14.4 Å². The van der Waals surface area contributed by atoms with Crippen molar-refractivity contribution in [2.24, 2.45) is 11.8 Å². The number of benzene rings is 2. The van der Waals surface area contributed by atoms with Crippen molar-refractivity contribution in [3.63, 3.8) is 0 Å². The molecular weight excluding hydrogens is 480 g/mol. The van der Waals surface area contributed by atoms with Gasteiger partial charge in [-0.3, -0.25) is 14.4 Å². The van der Waals surface area contributed by atoms with Gasteiger partial charge in [0, 0.05) is 30.4 Å². The number of carboxylic acid groups (broad SMARTS) is 1. The number of fused-ring (bicyclic) bond motifs is 1. The Morgan fingerprint density at radius 1 is 1.08 bits per heavy atom. The van der Waals surface area contributed by atoms with Gasteiger partial charge in [0.1, 0.15) is 12.4 Å². The van der Waals surface area contributed by atoms with Gasteiger partial charge in [-0.2, -0.15) is 0 Å². The van der Waals surface area contributed by atoms with E-state index in [1.807, 2.05) is 53.4 Å². The molecule has 7 nitrogen and oxygen atoms in total. The monoisotopic (exact) mass is 520 g/mol. The summed E-state index contributed by atoms with van der Waals surface area (Å²) in [6.45, 7) is 3.04. The fourth-order valence-electron chi connectivity index (χ4n) is 5.48. The SMILES string of the molecule is CC(CCCC=C(COc1cccc2ccccc12)C(=O)NC1CCN(C(=O)C2CCCCC2)C1)C(=O)O. The van der Waals surface area contributed by atoms with Gasteiger partial charge in [0.25, 0.3) is 5.91 Å². The summed E-state index contributed by atoms with van der Waals surface area (Å²) in [4.78, 5) is 39.4. The highest BCUT2D eigenvalue weighted by Crippen LogP contribution is 2.28. The van der Waals surface area contributed by atoms with E-state index in [9.17, 15) is 14.4 Å². The molecule has 0 bridgehead atoms. The Bertz CT molecular complexity index is 1150. The van der Waals surface area contributed by atoms with Crippen LogP contribution < -0.4 is 10.1 Å². The maximum atomic E-state index is 13.3. The third-order valence-corrected chi connectivity index (χ3v) is 7.87. The molecule has 1 aliphatic heterocycles. The van der Waals surface area contributed by atoms with Crippen LogP contribution in [0.4, 0.5) is 0 Å². The Morgan fingerprint density at radius 2 is 1.84 bits per heavy atom. The maximum absolute atomic E-state index is 13.3. The van der Waals surface area contributed by atoms with Crippen LogP contribution in [0.1, 0.15) is 64.7 Å². The number of carbonyl (C=O) groups excluding carboxylic acids is 2. The van der Waals surface area contributed by atoms with Crippen molar-refractivity contribution in [2.45, 2.75) is 70.8 Å². The third-order valence-electron chi connectivity index (χ3n) is 7.87. The first kappa shape index (κ1) is 27.7. The van der Waals surface area contributed by atoms with Crippen molar-refractivity contribution in [1.29, 1.82) is 0 Å². The molecule has 7 heteroatoms. The first-order valence-corrected chi connectivity index (χ1v) is 14.0. The minimum absolute atomic E-state index is 0.0805. The van der Waals surface area contributed by atoms with E-state index in [0.717, 1.165) is 42.9 Å². The molecule has 2 unspecified atom stereocenters. The molecule has 2 aliphatic rings. The molecule has 1 saturated carbocycles. The van der Waals surface area contributed by atoms with Crippen LogP contribution in [0.25, 0.3) is 10.8 Å². The lowest BCUT2D eigenvalue weighted by Crippen LogP contribution is -2.41. The van der Waals surface area contributed by atoms with Gasteiger partial charge >= 0.3 is 5.97 Å². The predicted molar refractivity (Wildman–Crippen MR) is 148 cm³/mol. The van der Waals surface area contributed by atoms with Crippen molar-refractivity contribution >= 4 is 28.6 Å². The van der Waals surface area contributed by atoms with E-state index in [1.165, 1.54) is 6.42 Å². The number of hydrogen-bond acceptors (Lipinski definition) is 4. The summed E-state index contributed by atoms with van der Waals surface area (Å²) < 4.78 is 6.13. The number of hydrogen-bond donors (Lipinski definition) is 2. The summed E-state index contributed by atoms with van der Waals surface area (Å²) in [5, 5.41) is 14.3. The average Bonchev–Trinajstić information content (AvgIpc) is 3.40. The van der Waals surface area contributed by atoms with E-state index >= 15 is 0 Å². The van der Waals surface area contributed by atoms with Crippen LogP contribution >= 0.6 is 0 Å². The molecule has 4 rings (SSSR count). The van der Waals surface area contributed by atoms with Crippen LogP contribution in [-0.4, -0.2) is 53.5 Å². The average molecular weight is 521 g/mol. The summed E-state index contributed by atoms with van der Waals surface area (Å²) in [6, 6.07) is 13.7. The summed E-state index contributed by atoms with van der Waals surface area (Å²) >= 11 is 0. The lowest BCUT2D eigenvalue weighted by molar-refractivity contribution is -0.141. The number of likely N-dealkylation sites (tertiary alicyclic amines) is 1. The number of rotatable bonds is 11. The number of ether oxygens (including phenoxy) is 1. The lowest BCUT2D eigenvalue weighted by Gasteiger charge is -2.26. The number of nitrogens with zero attached hydrogens (tertiary/aromatic N) is 1. The number of aliphatic carboxylic acids is 1. The maximum Gasteiger partial charge on any atom is 0.306 e. The van der Waals surface area contributed by atoms with Crippen LogP contribution in [0.5, 0.6) is 5.75 Å². The van der Waals surface area contributed by atoms with E-state index in [0.29, 0.717) is 43.7 Å². The Balaban J connectivity index is 1.38. The molecular formula is C31H40N2O5. The minimum Gasteiger partial charge on any atom is -0.488 e. The molecule has 1 saturated heterocycles. The number of amides is 2. The molecule has 2 aromatic carbocycles. The van der Waals surface area contributed by atoms with Gasteiger partial charge in [0.05, 0.1) is 11.5 Å². The van der Waals surface area contributed by atoms with Gasteiger partial charge in [0.2, 0.25) is 5.91 Å². The predicted octanol–water partition coefficient (Wildman–Crippen LogP) is 5.33. The summed E-state index contributed by atoms with van der Waals surface area (Å²) in [5.41, 5.74) is 0.526. The Kier molecular flexibility index (Phi) is 9.79. The zero-order valence-electron chi connectivity index (χ0n) is 22.4. The second-order valence-electron chi connectivity index (χ2n) is 10.7. The largest absolute Gasteiger partial charge is 0.488 e. The Morgan fingerprint density at radius 3 is 2.63 bits per heavy atom. The summed E-state index contributed by atoms with van der Waals surface area (Å²) in [6.07, 6.45) is 9.85. The van der Waals surface area contributed by atoms with Crippen molar-refractivity contribution < 1.29 is 24.2 Å². The molecule has 2 atom stereocenters. The second kappa shape index (κ2) is 13.4. The number of allylic oxidation sites excluding steroid dienone is 1. The molecule has 0 aromatic heterocycles. The topological polar surface area (TPSA) is 95.9 Å². The van der Waals surface area contributed by atoms with Crippen molar-refractivity contribution in [3.05, 3.63) is 54.1 Å². The van der Waals surface area contributed by atoms with Crippen molar-refractivity contribution in [3.8, 4) is 5.75 Å². The Hall–Kier alpha value is -3.35. The molecule has 1 heterocycles. The lowest BCUT2D eigenvalue weighted by atomic mass is 9.88. The van der Waals surface area contributed by atoms with E-state index in [1.54, 1.807) is 6.92 Å². The first-order chi connectivity index (χ1) is 18.4. The van der Waals surface area contributed by atoms with Crippen molar-refractivity contribution in [2.75, 3.05) is 19.7 Å². The second-order valence-corrected chi connectivity index (χ2v) is 10.7. The van der Waals surface area contributed by atoms with Crippen LogP contribution in [0.15, 0.2) is 54.1 Å². The van der Waals surface area contributed by atoms with Crippen LogP contribution in [0.2, 0.25) is 0 Å². The summed E-state index contributed by atoms with van der Waals surface area (Å²) in [7, 11) is 0. The molecule has 0 radical (unpaired) electrons. The molecule has 0 spiro atoms. The molecule has 2 fully saturated rings. The smallest absolute Gasteiger partial charge is 0.306 e. The van der Waals surface area contributed by atoms with Gasteiger partial charge in [-0.25, -0.2) is 0 Å². The molecule has 38 heavy (non-hydrogen) atoms. The zero-order chi connectivity index (χ0) is 26.9. The molecule has 2 amide bonds. The minimum atomic E-state index is -0.806. The highest BCUT2D eigenvalue weighted by Gasteiger charge is 2.32. The third kappa shape index (κ3) is 7.36. The van der Waals surface area contributed by atoms with Crippen LogP contribution in [0.3, 0.4) is 0 Å². The van der Waals surface area contributed by atoms with E-state index < -0.39 is 11.9 Å². The number of carboxylic acids is 1. The van der Waals surface area contributed by atoms with Gasteiger partial charge in [-0.15, -0.1) is 0 Å². The standard InChI is InChI=1S/C31H40N2O5/c1-22(31(36)37)10-5-6-14-25(21-38-28-17-9-15-23-11-7-8-16-27(23)28)29(34)32-26-18-19-33(20-26)30(35)24-12-3-2-4-13-24/h7-9,11,14-17,22,24,26H,2-6,10,12-13,18-21H2,1H3,(H,32,34)(H,36,37). The fraction of sp³-hybridized carbons (Fsp3) is 0.516. The van der Waals surface area contributed by atoms with Gasteiger partial charge in [0.15, 0.2) is 0 Å². The molecule has 2 N–H and O–H groups in total. The quantitative estimate of drug-likeness (QED) is 0.308. The number of unbranched alkanes of at least 4 members (excludes halogenated alkanes) is 1. The van der Waals surface area contributed by atoms with Crippen molar-refractivity contribution in [1.82, 2.24) is 10.2 Å². The van der Waals surface area contributed by atoms with E-state index in [-0.39, 0.29) is 30.4 Å². The molecule has 1 aliphatic carbocycles. The highest BCUT2D eigenvalue weighted by atomic mass is 16.5. The number of nitrogens with one attached hydrogen (secondary N) is 1. The van der Waals surface area contributed by atoms with Crippen LogP contribution in [0, 0.1) is 11.8 Å². The first-order valence-electron chi connectivity index (χ1n) is 14.0. The zero-order valence-corrected chi connectivity index (χ0v) is 22.4. The summed E-state index contributed by atoms with van der Waals surface area (Å²) in [5.74, 6) is -0.321. The Labute approximate surface area is 225 Å². The van der Waals surface area contributed by atoms with E-state index in [2.05, 4.69) is 5.32 Å². The van der Waals surface area contributed by atoms with Gasteiger partial charge in [-0.05, 0) is 50.0 Å². The van der Waals surface area contributed by atoms with Gasteiger partial charge in [-0.1, -0.05) is 68.7 Å². The normalized spacial score (nSPS) is 19.3. The molecule has 2 aromatic rings.